The van der Waals surface area contributed by atoms with Gasteiger partial charge in [0.15, 0.2) is 0 Å². The van der Waals surface area contributed by atoms with Gasteiger partial charge in [-0.1, -0.05) is 0 Å². The van der Waals surface area contributed by atoms with Gasteiger partial charge in [-0.2, -0.15) is 0 Å². The molecule has 15 heavy (non-hydrogen) atoms. The van der Waals surface area contributed by atoms with Crippen molar-refractivity contribution in [2.75, 3.05) is 6.61 Å². The molecule has 1 N–H and O–H groups in total. The van der Waals surface area contributed by atoms with E-state index in [4.69, 9.17) is 9.84 Å². The molecule has 3 nitrogen and oxygen atoms in total. The highest BCUT2D eigenvalue weighted by Crippen LogP contribution is 2.41. The number of hydrogen-bond donors (Lipinski definition) is 1. The highest BCUT2D eigenvalue weighted by Gasteiger charge is 2.38. The van der Waals surface area contributed by atoms with Crippen molar-refractivity contribution in [2.24, 2.45) is 0 Å². The molecule has 0 amide bonds. The maximum Gasteiger partial charge on any atom is 0.335 e. The molecule has 2 rings (SSSR count). The molecule has 0 spiro atoms. The fourth-order valence-electron chi connectivity index (χ4n) is 1.50. The number of ether oxygens (including phenoxy) is 1. The summed E-state index contributed by atoms with van der Waals surface area (Å²) < 4.78 is 31.8. The average molecular weight is 214 g/mol. The summed E-state index contributed by atoms with van der Waals surface area (Å²) in [7, 11) is 0. The lowest BCUT2D eigenvalue weighted by atomic mass is 10.00. The molecule has 0 aliphatic carbocycles. The summed E-state index contributed by atoms with van der Waals surface area (Å²) in [5, 5.41) is 8.67. The zero-order chi connectivity index (χ0) is 11.1. The first-order chi connectivity index (χ1) is 7.00. The fraction of sp³-hybridized carbons (Fsp3) is 0.300. The number of carboxylic acids is 1. The summed E-state index contributed by atoms with van der Waals surface area (Å²) in [5.74, 6) is -4.16. The normalized spacial score (nSPS) is 17.7. The standard InChI is InChI=1S/C10H8F2O3/c11-10(12)3-4-15-8-2-1-6(9(13)14)5-7(8)10/h1-2,5H,3-4H2,(H,13,14). The fourth-order valence-corrected chi connectivity index (χ4v) is 1.50. The first-order valence-corrected chi connectivity index (χ1v) is 4.39. The molecule has 0 radical (unpaired) electrons. The highest BCUT2D eigenvalue weighted by atomic mass is 19.3. The number of aromatic carboxylic acids is 1. The highest BCUT2D eigenvalue weighted by molar-refractivity contribution is 5.88. The van der Waals surface area contributed by atoms with Gasteiger partial charge in [-0.05, 0) is 18.2 Å². The Labute approximate surface area is 84.3 Å². The molecule has 1 aliphatic heterocycles. The van der Waals surface area contributed by atoms with E-state index in [1.807, 2.05) is 0 Å². The molecular weight excluding hydrogens is 206 g/mol. The number of fused-ring (bicyclic) bond motifs is 1. The molecule has 80 valence electrons. The summed E-state index contributed by atoms with van der Waals surface area (Å²) in [5.41, 5.74) is -0.493. The third kappa shape index (κ3) is 1.65. The van der Waals surface area contributed by atoms with E-state index in [9.17, 15) is 13.6 Å². The molecule has 0 atom stereocenters. The molecule has 0 fully saturated rings. The second-order valence-electron chi connectivity index (χ2n) is 3.32. The average Bonchev–Trinajstić information content (AvgIpc) is 2.17. The first-order valence-electron chi connectivity index (χ1n) is 4.39. The number of carbonyl (C=O) groups is 1. The third-order valence-electron chi connectivity index (χ3n) is 2.29. The van der Waals surface area contributed by atoms with Gasteiger partial charge in [0, 0.05) is 0 Å². The smallest absolute Gasteiger partial charge is 0.335 e. The molecule has 0 aromatic heterocycles. The molecule has 1 heterocycles. The predicted octanol–water partition coefficient (Wildman–Crippen LogP) is 2.26. The Morgan fingerprint density at radius 2 is 2.20 bits per heavy atom. The van der Waals surface area contributed by atoms with Crippen LogP contribution in [0.3, 0.4) is 0 Å². The van der Waals surface area contributed by atoms with Crippen molar-refractivity contribution < 1.29 is 23.4 Å². The Balaban J connectivity index is 2.53. The Bertz CT molecular complexity index is 415. The van der Waals surface area contributed by atoms with Crippen LogP contribution in [0.5, 0.6) is 5.75 Å². The second-order valence-corrected chi connectivity index (χ2v) is 3.32. The Kier molecular flexibility index (Phi) is 2.10. The van der Waals surface area contributed by atoms with Crippen LogP contribution in [0.25, 0.3) is 0 Å². The van der Waals surface area contributed by atoms with E-state index in [0.29, 0.717) is 0 Å². The van der Waals surface area contributed by atoms with E-state index >= 15 is 0 Å². The van der Waals surface area contributed by atoms with Crippen LogP contribution in [-0.2, 0) is 5.92 Å². The van der Waals surface area contributed by atoms with Gasteiger partial charge in [-0.25, -0.2) is 13.6 Å². The lowest BCUT2D eigenvalue weighted by molar-refractivity contribution is -0.0405. The molecule has 5 heteroatoms. The van der Waals surface area contributed by atoms with E-state index < -0.39 is 18.3 Å². The molecule has 0 unspecified atom stereocenters. The molecule has 0 bridgehead atoms. The Hall–Kier alpha value is -1.65. The summed E-state index contributed by atoms with van der Waals surface area (Å²) >= 11 is 0. The van der Waals surface area contributed by atoms with Crippen LogP contribution in [0.15, 0.2) is 18.2 Å². The monoisotopic (exact) mass is 214 g/mol. The zero-order valence-corrected chi connectivity index (χ0v) is 7.67. The lowest BCUT2D eigenvalue weighted by Gasteiger charge is -2.25. The second kappa shape index (κ2) is 3.18. The molecule has 0 saturated carbocycles. The zero-order valence-electron chi connectivity index (χ0n) is 7.67. The van der Waals surface area contributed by atoms with E-state index in [2.05, 4.69) is 0 Å². The van der Waals surface area contributed by atoms with Gasteiger partial charge >= 0.3 is 5.97 Å². The maximum atomic E-state index is 13.4. The van der Waals surface area contributed by atoms with Crippen molar-refractivity contribution in [3.8, 4) is 5.75 Å². The molecule has 1 aromatic carbocycles. The number of hydrogen-bond acceptors (Lipinski definition) is 2. The minimum atomic E-state index is -3.00. The molecular formula is C10H8F2O3. The number of carboxylic acid groups (broad SMARTS) is 1. The predicted molar refractivity (Wildman–Crippen MR) is 47.4 cm³/mol. The Morgan fingerprint density at radius 1 is 1.47 bits per heavy atom. The van der Waals surface area contributed by atoms with Crippen LogP contribution >= 0.6 is 0 Å². The van der Waals surface area contributed by atoms with Crippen LogP contribution in [0, 0.1) is 0 Å². The van der Waals surface area contributed by atoms with Crippen LogP contribution < -0.4 is 4.74 Å². The van der Waals surface area contributed by atoms with Crippen molar-refractivity contribution >= 4 is 5.97 Å². The summed E-state index contributed by atoms with van der Waals surface area (Å²) in [6.45, 7) is -0.0492. The van der Waals surface area contributed by atoms with Crippen molar-refractivity contribution in [3.63, 3.8) is 0 Å². The summed E-state index contributed by atoms with van der Waals surface area (Å²) in [6, 6.07) is 3.49. The van der Waals surface area contributed by atoms with Gasteiger partial charge in [-0.3, -0.25) is 0 Å². The minimum Gasteiger partial charge on any atom is -0.493 e. The van der Waals surface area contributed by atoms with Gasteiger partial charge in [0.05, 0.1) is 24.2 Å². The quantitative estimate of drug-likeness (QED) is 0.779. The molecule has 0 saturated heterocycles. The topological polar surface area (TPSA) is 46.5 Å². The van der Waals surface area contributed by atoms with Crippen molar-refractivity contribution in [1.29, 1.82) is 0 Å². The maximum absolute atomic E-state index is 13.4. The Morgan fingerprint density at radius 3 is 2.87 bits per heavy atom. The number of halogens is 2. The van der Waals surface area contributed by atoms with Crippen molar-refractivity contribution in [1.82, 2.24) is 0 Å². The van der Waals surface area contributed by atoms with Gasteiger partial charge in [0.2, 0.25) is 0 Å². The van der Waals surface area contributed by atoms with E-state index in [-0.39, 0.29) is 23.5 Å². The minimum absolute atomic E-state index is 0.0492. The van der Waals surface area contributed by atoms with E-state index in [0.717, 1.165) is 6.07 Å². The van der Waals surface area contributed by atoms with E-state index in [1.165, 1.54) is 12.1 Å². The van der Waals surface area contributed by atoms with Crippen LogP contribution in [-0.4, -0.2) is 17.7 Å². The number of alkyl halides is 2. The van der Waals surface area contributed by atoms with Gasteiger partial charge in [0.1, 0.15) is 5.75 Å². The van der Waals surface area contributed by atoms with Gasteiger partial charge in [0.25, 0.3) is 5.92 Å². The number of rotatable bonds is 1. The first kappa shape index (κ1) is 9.89. The van der Waals surface area contributed by atoms with Crippen LogP contribution in [0.4, 0.5) is 8.78 Å². The summed E-state index contributed by atoms with van der Waals surface area (Å²) in [4.78, 5) is 10.6. The van der Waals surface area contributed by atoms with Crippen LogP contribution in [0.2, 0.25) is 0 Å². The molecule has 1 aliphatic rings. The van der Waals surface area contributed by atoms with Crippen molar-refractivity contribution in [3.05, 3.63) is 29.3 Å². The lowest BCUT2D eigenvalue weighted by Crippen LogP contribution is -2.24. The third-order valence-corrected chi connectivity index (χ3v) is 2.29. The van der Waals surface area contributed by atoms with Crippen molar-refractivity contribution in [2.45, 2.75) is 12.3 Å². The number of benzene rings is 1. The largest absolute Gasteiger partial charge is 0.493 e. The summed E-state index contributed by atoms with van der Waals surface area (Å²) in [6.07, 6.45) is -0.414. The van der Waals surface area contributed by atoms with Gasteiger partial charge in [-0.15, -0.1) is 0 Å². The molecule has 1 aromatic rings. The van der Waals surface area contributed by atoms with Gasteiger partial charge < -0.3 is 9.84 Å². The SMILES string of the molecule is O=C(O)c1ccc2c(c1)C(F)(F)CCO2. The van der Waals surface area contributed by atoms with E-state index in [1.54, 1.807) is 0 Å². The van der Waals surface area contributed by atoms with Crippen LogP contribution in [0.1, 0.15) is 22.3 Å².